The number of aliphatic hydroxyl groups excluding tert-OH is 1. The lowest BCUT2D eigenvalue weighted by molar-refractivity contribution is -0.153. The van der Waals surface area contributed by atoms with E-state index in [2.05, 4.69) is 9.47 Å². The van der Waals surface area contributed by atoms with Gasteiger partial charge in [0.15, 0.2) is 29.2 Å². The Hall–Kier alpha value is -1.89. The van der Waals surface area contributed by atoms with Gasteiger partial charge in [-0.1, -0.05) is 0 Å². The number of aliphatic hydroxyl groups is 1. The normalized spacial score (nSPS) is 12.1. The highest BCUT2D eigenvalue weighted by molar-refractivity contribution is 5.77. The number of hydrogen-bond donors (Lipinski definition) is 2. The van der Waals surface area contributed by atoms with Crippen LogP contribution >= 0.6 is 0 Å². The van der Waals surface area contributed by atoms with Gasteiger partial charge in [0.2, 0.25) is 0 Å². The predicted molar refractivity (Wildman–Crippen MR) is 56.2 cm³/mol. The second-order valence-electron chi connectivity index (χ2n) is 3.29. The summed E-state index contributed by atoms with van der Waals surface area (Å²) in [6.07, 6.45) is -2.18. The van der Waals surface area contributed by atoms with E-state index in [0.29, 0.717) is 6.07 Å². The lowest BCUT2D eigenvalue weighted by Gasteiger charge is -2.14. The largest absolute Gasteiger partial charge is 0.505 e. The first-order valence-corrected chi connectivity index (χ1v) is 5.03. The molecule has 0 saturated carbocycles. The van der Waals surface area contributed by atoms with Crippen molar-refractivity contribution in [2.75, 3.05) is 13.7 Å². The van der Waals surface area contributed by atoms with E-state index in [-0.39, 0.29) is 6.61 Å². The number of phenols is 1. The second-order valence-corrected chi connectivity index (χ2v) is 3.29. The standard InChI is InChI=1S/C11H12F2O5/c1-3-18-11(16)10(15)7-8(12)5(14)4-6(17-2)9(7)13/h4,10,14-15H,3H2,1-2H3. The van der Waals surface area contributed by atoms with Gasteiger partial charge in [-0.15, -0.1) is 0 Å². The van der Waals surface area contributed by atoms with Gasteiger partial charge in [0.1, 0.15) is 0 Å². The first kappa shape index (κ1) is 14.2. The summed E-state index contributed by atoms with van der Waals surface area (Å²) in [6, 6.07) is 0.700. The molecule has 0 amide bonds. The van der Waals surface area contributed by atoms with Crippen molar-refractivity contribution < 1.29 is 33.3 Å². The van der Waals surface area contributed by atoms with Crippen LogP contribution < -0.4 is 4.74 Å². The summed E-state index contributed by atoms with van der Waals surface area (Å²) in [5.74, 6) is -5.36. The summed E-state index contributed by atoms with van der Waals surface area (Å²) in [7, 11) is 1.09. The molecule has 0 aliphatic heterocycles. The molecule has 2 N–H and O–H groups in total. The number of halogens is 2. The molecule has 0 aromatic heterocycles. The third-order valence-corrected chi connectivity index (χ3v) is 2.19. The maximum absolute atomic E-state index is 13.7. The van der Waals surface area contributed by atoms with Gasteiger partial charge < -0.3 is 19.7 Å². The van der Waals surface area contributed by atoms with Gasteiger partial charge in [-0.25, -0.2) is 13.6 Å². The van der Waals surface area contributed by atoms with Crippen LogP contribution in [0.4, 0.5) is 8.78 Å². The van der Waals surface area contributed by atoms with E-state index < -0.39 is 40.8 Å². The summed E-state index contributed by atoms with van der Waals surface area (Å²) in [4.78, 5) is 11.2. The Balaban J connectivity index is 3.30. The van der Waals surface area contributed by atoms with Crippen molar-refractivity contribution in [2.24, 2.45) is 0 Å². The van der Waals surface area contributed by atoms with Crippen molar-refractivity contribution in [1.82, 2.24) is 0 Å². The summed E-state index contributed by atoms with van der Waals surface area (Å²) in [6.45, 7) is 1.41. The molecule has 0 saturated heterocycles. The summed E-state index contributed by atoms with van der Waals surface area (Å²) in [5, 5.41) is 18.7. The number of ether oxygens (including phenoxy) is 2. The number of benzene rings is 1. The highest BCUT2D eigenvalue weighted by Gasteiger charge is 2.30. The van der Waals surface area contributed by atoms with Gasteiger partial charge in [-0.3, -0.25) is 0 Å². The Morgan fingerprint density at radius 1 is 1.44 bits per heavy atom. The fraction of sp³-hybridized carbons (Fsp3) is 0.364. The van der Waals surface area contributed by atoms with Crippen LogP contribution in [0.25, 0.3) is 0 Å². The predicted octanol–water partition coefficient (Wildman–Crippen LogP) is 1.28. The Morgan fingerprint density at radius 2 is 2.06 bits per heavy atom. The molecule has 0 fully saturated rings. The number of methoxy groups -OCH3 is 1. The van der Waals surface area contributed by atoms with Crippen molar-refractivity contribution in [1.29, 1.82) is 0 Å². The van der Waals surface area contributed by atoms with Crippen LogP contribution in [0, 0.1) is 11.6 Å². The van der Waals surface area contributed by atoms with Gasteiger partial charge in [0, 0.05) is 6.07 Å². The molecule has 18 heavy (non-hydrogen) atoms. The molecular formula is C11H12F2O5. The maximum Gasteiger partial charge on any atom is 0.339 e. The second kappa shape index (κ2) is 5.63. The Bertz CT molecular complexity index is 461. The first-order chi connectivity index (χ1) is 8.43. The fourth-order valence-corrected chi connectivity index (χ4v) is 1.35. The Morgan fingerprint density at radius 3 is 2.56 bits per heavy atom. The molecule has 1 aromatic rings. The Kier molecular flexibility index (Phi) is 4.43. The van der Waals surface area contributed by atoms with Gasteiger partial charge in [0.05, 0.1) is 19.3 Å². The van der Waals surface area contributed by atoms with Gasteiger partial charge in [-0.2, -0.15) is 0 Å². The zero-order chi connectivity index (χ0) is 13.9. The number of phenolic OH excluding ortho intramolecular Hbond substituents is 1. The average Bonchev–Trinajstić information content (AvgIpc) is 2.34. The molecule has 1 rings (SSSR count). The van der Waals surface area contributed by atoms with E-state index in [9.17, 15) is 23.8 Å². The fourth-order valence-electron chi connectivity index (χ4n) is 1.35. The smallest absolute Gasteiger partial charge is 0.339 e. The van der Waals surface area contributed by atoms with E-state index in [0.717, 1.165) is 7.11 Å². The quantitative estimate of drug-likeness (QED) is 0.799. The van der Waals surface area contributed by atoms with Crippen LogP contribution in [0.15, 0.2) is 6.07 Å². The van der Waals surface area contributed by atoms with Crippen LogP contribution in [-0.2, 0) is 9.53 Å². The molecule has 1 atom stereocenters. The molecule has 0 aliphatic carbocycles. The number of aromatic hydroxyl groups is 1. The number of esters is 1. The molecule has 0 spiro atoms. The highest BCUT2D eigenvalue weighted by atomic mass is 19.1. The molecule has 0 heterocycles. The molecule has 5 nitrogen and oxygen atoms in total. The van der Waals surface area contributed by atoms with Crippen LogP contribution in [0.2, 0.25) is 0 Å². The van der Waals surface area contributed by atoms with Crippen LogP contribution in [0.3, 0.4) is 0 Å². The van der Waals surface area contributed by atoms with E-state index in [1.807, 2.05) is 0 Å². The number of carbonyl (C=O) groups excluding carboxylic acids is 1. The van der Waals surface area contributed by atoms with E-state index in [4.69, 9.17) is 0 Å². The lowest BCUT2D eigenvalue weighted by atomic mass is 10.1. The van der Waals surface area contributed by atoms with Gasteiger partial charge in [0.25, 0.3) is 0 Å². The van der Waals surface area contributed by atoms with E-state index in [1.54, 1.807) is 0 Å². The number of rotatable bonds is 4. The van der Waals surface area contributed by atoms with Crippen molar-refractivity contribution in [3.8, 4) is 11.5 Å². The zero-order valence-corrected chi connectivity index (χ0v) is 9.74. The molecule has 7 heteroatoms. The number of hydrogen-bond acceptors (Lipinski definition) is 5. The minimum atomic E-state index is -2.18. The summed E-state index contributed by atoms with van der Waals surface area (Å²) in [5.41, 5.74) is -1.01. The maximum atomic E-state index is 13.7. The van der Waals surface area contributed by atoms with Crippen molar-refractivity contribution in [3.63, 3.8) is 0 Å². The monoisotopic (exact) mass is 262 g/mol. The van der Waals surface area contributed by atoms with Gasteiger partial charge >= 0.3 is 5.97 Å². The molecule has 0 bridgehead atoms. The molecule has 1 unspecified atom stereocenters. The van der Waals surface area contributed by atoms with Crippen LogP contribution in [-0.4, -0.2) is 29.9 Å². The molecular weight excluding hydrogens is 250 g/mol. The Labute approximate surface area is 102 Å². The van der Waals surface area contributed by atoms with Crippen molar-refractivity contribution in [3.05, 3.63) is 23.3 Å². The molecule has 0 radical (unpaired) electrons. The minimum absolute atomic E-state index is 0.0604. The SMILES string of the molecule is CCOC(=O)C(O)c1c(F)c(O)cc(OC)c1F. The lowest BCUT2D eigenvalue weighted by Crippen LogP contribution is -2.18. The van der Waals surface area contributed by atoms with E-state index in [1.165, 1.54) is 6.92 Å². The van der Waals surface area contributed by atoms with Gasteiger partial charge in [-0.05, 0) is 6.92 Å². The summed E-state index contributed by atoms with van der Waals surface area (Å²) < 4.78 is 36.2. The molecule has 1 aromatic carbocycles. The minimum Gasteiger partial charge on any atom is -0.505 e. The average molecular weight is 262 g/mol. The molecule has 0 aliphatic rings. The van der Waals surface area contributed by atoms with E-state index >= 15 is 0 Å². The topological polar surface area (TPSA) is 76.0 Å². The third-order valence-electron chi connectivity index (χ3n) is 2.19. The van der Waals surface area contributed by atoms with Crippen molar-refractivity contribution in [2.45, 2.75) is 13.0 Å². The summed E-state index contributed by atoms with van der Waals surface area (Å²) >= 11 is 0. The van der Waals surface area contributed by atoms with Crippen LogP contribution in [0.1, 0.15) is 18.6 Å². The molecule has 100 valence electrons. The zero-order valence-electron chi connectivity index (χ0n) is 9.74. The van der Waals surface area contributed by atoms with Crippen LogP contribution in [0.5, 0.6) is 11.5 Å². The van der Waals surface area contributed by atoms with Crippen molar-refractivity contribution >= 4 is 5.97 Å². The highest BCUT2D eigenvalue weighted by Crippen LogP contribution is 2.34. The first-order valence-electron chi connectivity index (χ1n) is 5.03. The number of carbonyl (C=O) groups is 1. The third kappa shape index (κ3) is 2.51.